The maximum Gasteiger partial charge on any atom is 0.223 e. The quantitative estimate of drug-likeness (QED) is 0.624. The lowest BCUT2D eigenvalue weighted by Gasteiger charge is -2.27. The second kappa shape index (κ2) is 4.80. The van der Waals surface area contributed by atoms with E-state index >= 15 is 0 Å². The van der Waals surface area contributed by atoms with Crippen LogP contribution in [0.4, 0.5) is 0 Å². The largest absolute Gasteiger partial charge is 0.394 e. The monoisotopic (exact) mass is 276 g/mol. The molecule has 0 bridgehead atoms. The fraction of sp³-hybridized carbons (Fsp3) is 0.333. The van der Waals surface area contributed by atoms with Crippen LogP contribution in [0.15, 0.2) is 42.5 Å². The van der Waals surface area contributed by atoms with E-state index in [9.17, 15) is 15.3 Å². The van der Waals surface area contributed by atoms with E-state index in [1.165, 1.54) is 0 Å². The third-order valence-electron chi connectivity index (χ3n) is 3.79. The normalized spacial score (nSPS) is 33.7. The van der Waals surface area contributed by atoms with Crippen molar-refractivity contribution in [3.8, 4) is 0 Å². The summed E-state index contributed by atoms with van der Waals surface area (Å²) in [4.78, 5) is 0. The number of rotatable bonds is 2. The van der Waals surface area contributed by atoms with E-state index < -0.39 is 30.7 Å². The first-order chi connectivity index (χ1) is 9.58. The standard InChI is InChI=1S/C15H16O5/c16-8-12-13(17)14(18)15(19,20-12)11-7-3-5-9-4-1-2-6-10(9)11/h1-7,12-14,16-19H,8H2/t12-,13-,14-,15?/m1/s1. The zero-order valence-corrected chi connectivity index (χ0v) is 10.7. The number of fused-ring (bicyclic) bond motifs is 1. The summed E-state index contributed by atoms with van der Waals surface area (Å²) >= 11 is 0. The Balaban J connectivity index is 2.15. The Labute approximate surface area is 115 Å². The topological polar surface area (TPSA) is 90.2 Å². The number of aliphatic hydroxyl groups is 4. The zero-order chi connectivity index (χ0) is 14.3. The van der Waals surface area contributed by atoms with Crippen molar-refractivity contribution in [2.75, 3.05) is 6.61 Å². The van der Waals surface area contributed by atoms with Gasteiger partial charge in [-0.1, -0.05) is 42.5 Å². The molecule has 20 heavy (non-hydrogen) atoms. The molecule has 5 nitrogen and oxygen atoms in total. The molecule has 3 rings (SSSR count). The van der Waals surface area contributed by atoms with Gasteiger partial charge in [0.2, 0.25) is 5.79 Å². The highest BCUT2D eigenvalue weighted by atomic mass is 16.7. The van der Waals surface area contributed by atoms with Gasteiger partial charge in [0.05, 0.1) is 6.61 Å². The molecule has 5 heteroatoms. The van der Waals surface area contributed by atoms with Crippen molar-refractivity contribution in [3.63, 3.8) is 0 Å². The van der Waals surface area contributed by atoms with Crippen LogP contribution in [-0.2, 0) is 10.5 Å². The minimum atomic E-state index is -2.03. The molecule has 1 aliphatic heterocycles. The third kappa shape index (κ3) is 1.83. The summed E-state index contributed by atoms with van der Waals surface area (Å²) in [5.74, 6) is -2.03. The number of benzene rings is 2. The molecule has 4 N–H and O–H groups in total. The van der Waals surface area contributed by atoms with Gasteiger partial charge in [0, 0.05) is 5.56 Å². The molecule has 0 radical (unpaired) electrons. The first-order valence-corrected chi connectivity index (χ1v) is 6.43. The summed E-state index contributed by atoms with van der Waals surface area (Å²) in [7, 11) is 0. The molecule has 0 spiro atoms. The SMILES string of the molecule is OC[C@H]1OC(O)(c2cccc3ccccc23)[C@H](O)[C@@H]1O. The highest BCUT2D eigenvalue weighted by Crippen LogP contribution is 2.40. The summed E-state index contributed by atoms with van der Waals surface area (Å²) in [6, 6.07) is 12.6. The van der Waals surface area contributed by atoms with Crippen LogP contribution >= 0.6 is 0 Å². The van der Waals surface area contributed by atoms with Crippen LogP contribution in [0.25, 0.3) is 10.8 Å². The van der Waals surface area contributed by atoms with Crippen molar-refractivity contribution in [2.24, 2.45) is 0 Å². The summed E-state index contributed by atoms with van der Waals surface area (Å²) in [6.45, 7) is -0.481. The van der Waals surface area contributed by atoms with Crippen molar-refractivity contribution in [2.45, 2.75) is 24.1 Å². The fourth-order valence-corrected chi connectivity index (χ4v) is 2.71. The second-order valence-electron chi connectivity index (χ2n) is 5.00. The van der Waals surface area contributed by atoms with Gasteiger partial charge in [0.15, 0.2) is 0 Å². The first-order valence-electron chi connectivity index (χ1n) is 6.43. The Morgan fingerprint density at radius 1 is 1.05 bits per heavy atom. The highest BCUT2D eigenvalue weighted by molar-refractivity contribution is 5.86. The lowest BCUT2D eigenvalue weighted by molar-refractivity contribution is -0.239. The average Bonchev–Trinajstić information content (AvgIpc) is 2.71. The van der Waals surface area contributed by atoms with E-state index in [0.717, 1.165) is 10.8 Å². The van der Waals surface area contributed by atoms with Gasteiger partial charge in [-0.05, 0) is 10.8 Å². The van der Waals surface area contributed by atoms with Crippen LogP contribution in [0.1, 0.15) is 5.56 Å². The van der Waals surface area contributed by atoms with E-state index in [2.05, 4.69) is 0 Å². The van der Waals surface area contributed by atoms with Crippen LogP contribution in [-0.4, -0.2) is 45.3 Å². The van der Waals surface area contributed by atoms with Gasteiger partial charge >= 0.3 is 0 Å². The number of aliphatic hydroxyl groups excluding tert-OH is 3. The Bertz CT molecular complexity index is 623. The molecule has 1 unspecified atom stereocenters. The van der Waals surface area contributed by atoms with E-state index in [0.29, 0.717) is 5.56 Å². The number of ether oxygens (including phenoxy) is 1. The molecule has 1 fully saturated rings. The minimum absolute atomic E-state index is 0.373. The lowest BCUT2D eigenvalue weighted by atomic mass is 9.93. The summed E-state index contributed by atoms with van der Waals surface area (Å²) in [5, 5.41) is 41.3. The highest BCUT2D eigenvalue weighted by Gasteiger charge is 2.54. The smallest absolute Gasteiger partial charge is 0.223 e. The molecule has 4 atom stereocenters. The van der Waals surface area contributed by atoms with E-state index in [-0.39, 0.29) is 0 Å². The predicted molar refractivity (Wildman–Crippen MR) is 71.8 cm³/mol. The maximum atomic E-state index is 10.7. The van der Waals surface area contributed by atoms with Crippen molar-refractivity contribution in [1.82, 2.24) is 0 Å². The molecule has 0 aliphatic carbocycles. The van der Waals surface area contributed by atoms with Gasteiger partial charge in [0.25, 0.3) is 0 Å². The second-order valence-corrected chi connectivity index (χ2v) is 5.00. The first kappa shape index (κ1) is 13.5. The van der Waals surface area contributed by atoms with Crippen molar-refractivity contribution in [1.29, 1.82) is 0 Å². The van der Waals surface area contributed by atoms with Crippen molar-refractivity contribution >= 4 is 10.8 Å². The Morgan fingerprint density at radius 3 is 2.45 bits per heavy atom. The summed E-state index contributed by atoms with van der Waals surface area (Å²) in [5.41, 5.74) is 0.373. The summed E-state index contributed by atoms with van der Waals surface area (Å²) < 4.78 is 5.32. The molecule has 1 aliphatic rings. The summed E-state index contributed by atoms with van der Waals surface area (Å²) in [6.07, 6.45) is -3.89. The van der Waals surface area contributed by atoms with E-state index in [4.69, 9.17) is 9.84 Å². The zero-order valence-electron chi connectivity index (χ0n) is 10.7. The maximum absolute atomic E-state index is 10.7. The van der Waals surface area contributed by atoms with Crippen LogP contribution < -0.4 is 0 Å². The van der Waals surface area contributed by atoms with Gasteiger partial charge < -0.3 is 25.2 Å². The third-order valence-corrected chi connectivity index (χ3v) is 3.79. The Morgan fingerprint density at radius 2 is 1.75 bits per heavy atom. The molecule has 1 saturated heterocycles. The molecule has 0 aromatic heterocycles. The van der Waals surface area contributed by atoms with Crippen LogP contribution in [0.2, 0.25) is 0 Å². The Kier molecular flexibility index (Phi) is 3.24. The van der Waals surface area contributed by atoms with Crippen molar-refractivity contribution in [3.05, 3.63) is 48.0 Å². The van der Waals surface area contributed by atoms with Crippen LogP contribution in [0, 0.1) is 0 Å². The molecular formula is C15H16O5. The molecule has 106 valence electrons. The van der Waals surface area contributed by atoms with E-state index in [1.807, 2.05) is 24.3 Å². The Hall–Kier alpha value is -1.50. The molecular weight excluding hydrogens is 260 g/mol. The van der Waals surface area contributed by atoms with Crippen LogP contribution in [0.5, 0.6) is 0 Å². The molecule has 2 aromatic rings. The van der Waals surface area contributed by atoms with Crippen LogP contribution in [0.3, 0.4) is 0 Å². The average molecular weight is 276 g/mol. The van der Waals surface area contributed by atoms with Gasteiger partial charge in [-0.15, -0.1) is 0 Å². The molecule has 1 heterocycles. The van der Waals surface area contributed by atoms with Gasteiger partial charge in [0.1, 0.15) is 18.3 Å². The van der Waals surface area contributed by atoms with Gasteiger partial charge in [-0.25, -0.2) is 0 Å². The van der Waals surface area contributed by atoms with Gasteiger partial charge in [-0.3, -0.25) is 0 Å². The fourth-order valence-electron chi connectivity index (χ4n) is 2.71. The van der Waals surface area contributed by atoms with Crippen molar-refractivity contribution < 1.29 is 25.2 Å². The lowest BCUT2D eigenvalue weighted by Crippen LogP contribution is -2.40. The predicted octanol–water partition coefficient (Wildman–Crippen LogP) is 0.0978. The number of hydrogen-bond donors (Lipinski definition) is 4. The minimum Gasteiger partial charge on any atom is -0.394 e. The number of hydrogen-bond acceptors (Lipinski definition) is 5. The molecule has 0 amide bonds. The van der Waals surface area contributed by atoms with Gasteiger partial charge in [-0.2, -0.15) is 0 Å². The molecule has 2 aromatic carbocycles. The molecule has 0 saturated carbocycles. The van der Waals surface area contributed by atoms with E-state index in [1.54, 1.807) is 18.2 Å².